The average molecular weight is 377 g/mol. The molecule has 1 atom stereocenters. The normalized spacial score (nSPS) is 12.1. The van der Waals surface area contributed by atoms with Crippen LogP contribution in [0.5, 0.6) is 5.75 Å². The van der Waals surface area contributed by atoms with E-state index in [0.717, 1.165) is 5.56 Å². The van der Waals surface area contributed by atoms with Crippen LogP contribution in [0.25, 0.3) is 0 Å². The summed E-state index contributed by atoms with van der Waals surface area (Å²) in [4.78, 5) is 21.6. The standard InChI is InChI=1S/C19H27N3O5/c1-4-19(2,3)21-13-16(23)14-27-17-8-6-15(7-9-17)12-18(24)20-10-5-11-22(25)26/h1,6-9,16,21,23H,5,10-14H2,2-3H3,(H,20,24). The van der Waals surface area contributed by atoms with Crippen molar-refractivity contribution in [1.29, 1.82) is 0 Å². The number of ether oxygens (including phenoxy) is 1. The van der Waals surface area contributed by atoms with Gasteiger partial charge in [-0.3, -0.25) is 20.2 Å². The molecule has 0 aliphatic rings. The van der Waals surface area contributed by atoms with E-state index in [1.54, 1.807) is 24.3 Å². The average Bonchev–Trinajstić information content (AvgIpc) is 2.63. The van der Waals surface area contributed by atoms with Gasteiger partial charge in [0.05, 0.1) is 12.0 Å². The van der Waals surface area contributed by atoms with Crippen LogP contribution in [0.2, 0.25) is 0 Å². The van der Waals surface area contributed by atoms with Gasteiger partial charge in [-0.05, 0) is 31.5 Å². The quantitative estimate of drug-likeness (QED) is 0.214. The van der Waals surface area contributed by atoms with Crippen LogP contribution < -0.4 is 15.4 Å². The first-order valence-electron chi connectivity index (χ1n) is 8.73. The third-order valence-corrected chi connectivity index (χ3v) is 3.71. The van der Waals surface area contributed by atoms with Gasteiger partial charge in [-0.15, -0.1) is 6.42 Å². The minimum atomic E-state index is -0.706. The predicted molar refractivity (Wildman–Crippen MR) is 102 cm³/mol. The lowest BCUT2D eigenvalue weighted by Gasteiger charge is -2.22. The molecule has 0 aliphatic carbocycles. The second kappa shape index (κ2) is 11.2. The molecule has 1 aromatic carbocycles. The van der Waals surface area contributed by atoms with Crippen LogP contribution in [0.1, 0.15) is 25.8 Å². The van der Waals surface area contributed by atoms with Crippen molar-refractivity contribution in [2.45, 2.75) is 38.3 Å². The van der Waals surface area contributed by atoms with Crippen molar-refractivity contribution in [3.63, 3.8) is 0 Å². The molecule has 0 radical (unpaired) electrons. The SMILES string of the molecule is C#CC(C)(C)NCC(O)COc1ccc(CC(=O)NCCC[N+](=O)[O-])cc1. The number of hydrogen-bond donors (Lipinski definition) is 3. The van der Waals surface area contributed by atoms with E-state index in [0.29, 0.717) is 18.7 Å². The molecule has 0 bridgehead atoms. The van der Waals surface area contributed by atoms with Crippen LogP contribution in [0.15, 0.2) is 24.3 Å². The van der Waals surface area contributed by atoms with Gasteiger partial charge in [-0.25, -0.2) is 0 Å². The van der Waals surface area contributed by atoms with E-state index < -0.39 is 16.6 Å². The number of carbonyl (C=O) groups is 1. The Morgan fingerprint density at radius 2 is 2.07 bits per heavy atom. The molecule has 0 saturated heterocycles. The molecule has 8 heteroatoms. The van der Waals surface area contributed by atoms with Crippen molar-refractivity contribution in [2.24, 2.45) is 0 Å². The zero-order valence-electron chi connectivity index (χ0n) is 15.7. The predicted octanol–water partition coefficient (Wildman–Crippen LogP) is 0.753. The summed E-state index contributed by atoms with van der Waals surface area (Å²) in [6.07, 6.45) is 5.16. The summed E-state index contributed by atoms with van der Waals surface area (Å²) in [6.45, 7) is 4.24. The van der Waals surface area contributed by atoms with Gasteiger partial charge >= 0.3 is 0 Å². The summed E-state index contributed by atoms with van der Waals surface area (Å²) < 4.78 is 5.52. The van der Waals surface area contributed by atoms with E-state index in [4.69, 9.17) is 11.2 Å². The maximum Gasteiger partial charge on any atom is 0.224 e. The molecule has 27 heavy (non-hydrogen) atoms. The Balaban J connectivity index is 2.32. The van der Waals surface area contributed by atoms with Crippen LogP contribution in [0, 0.1) is 22.5 Å². The number of aliphatic hydroxyl groups is 1. The topological polar surface area (TPSA) is 114 Å². The number of nitro groups is 1. The number of benzene rings is 1. The highest BCUT2D eigenvalue weighted by Crippen LogP contribution is 2.13. The maximum atomic E-state index is 11.8. The monoisotopic (exact) mass is 377 g/mol. The Morgan fingerprint density at radius 1 is 1.41 bits per heavy atom. The van der Waals surface area contributed by atoms with Crippen LogP contribution in [0.3, 0.4) is 0 Å². The molecule has 1 amide bonds. The Labute approximate surface area is 159 Å². The van der Waals surface area contributed by atoms with Gasteiger partial charge in [0.15, 0.2) is 0 Å². The smallest absolute Gasteiger partial charge is 0.224 e. The fourth-order valence-electron chi connectivity index (χ4n) is 2.06. The van der Waals surface area contributed by atoms with Gasteiger partial charge in [0.1, 0.15) is 18.5 Å². The first kappa shape index (κ1) is 22.4. The van der Waals surface area contributed by atoms with E-state index in [1.807, 2.05) is 13.8 Å². The minimum absolute atomic E-state index is 0.115. The second-order valence-electron chi connectivity index (χ2n) is 6.70. The largest absolute Gasteiger partial charge is 0.491 e. The fourth-order valence-corrected chi connectivity index (χ4v) is 2.06. The van der Waals surface area contributed by atoms with Crippen molar-refractivity contribution in [1.82, 2.24) is 10.6 Å². The third kappa shape index (κ3) is 10.2. The van der Waals surface area contributed by atoms with Gasteiger partial charge < -0.3 is 15.2 Å². The van der Waals surface area contributed by atoms with Gasteiger partial charge in [-0.2, -0.15) is 0 Å². The molecule has 3 N–H and O–H groups in total. The third-order valence-electron chi connectivity index (χ3n) is 3.71. The Morgan fingerprint density at radius 3 is 2.67 bits per heavy atom. The van der Waals surface area contributed by atoms with Gasteiger partial charge in [-0.1, -0.05) is 18.1 Å². The molecule has 0 aliphatic heterocycles. The lowest BCUT2D eigenvalue weighted by Crippen LogP contribution is -2.43. The highest BCUT2D eigenvalue weighted by Gasteiger charge is 2.15. The lowest BCUT2D eigenvalue weighted by molar-refractivity contribution is -0.480. The number of carbonyl (C=O) groups excluding carboxylic acids is 1. The number of β-amino-alcohol motifs (C(OH)–C–C–N with tert-alkyl or cyclic N) is 1. The van der Waals surface area contributed by atoms with Crippen molar-refractivity contribution in [3.8, 4) is 18.1 Å². The number of hydrogen-bond acceptors (Lipinski definition) is 6. The van der Waals surface area contributed by atoms with E-state index in [2.05, 4.69) is 16.6 Å². The van der Waals surface area contributed by atoms with Crippen LogP contribution in [-0.2, 0) is 11.2 Å². The summed E-state index contributed by atoms with van der Waals surface area (Å²) in [5.74, 6) is 2.98. The highest BCUT2D eigenvalue weighted by molar-refractivity contribution is 5.78. The molecule has 0 saturated carbocycles. The van der Waals surface area contributed by atoms with E-state index >= 15 is 0 Å². The molecule has 0 heterocycles. The fraction of sp³-hybridized carbons (Fsp3) is 0.526. The molecule has 0 spiro atoms. The zero-order valence-corrected chi connectivity index (χ0v) is 15.7. The Hall–Kier alpha value is -2.63. The molecular formula is C19H27N3O5. The Bertz CT molecular complexity index is 652. The summed E-state index contributed by atoms with van der Waals surface area (Å²) in [7, 11) is 0. The van der Waals surface area contributed by atoms with Gasteiger partial charge in [0, 0.05) is 24.4 Å². The summed E-state index contributed by atoms with van der Waals surface area (Å²) in [5, 5.41) is 25.8. The number of rotatable bonds is 12. The molecule has 1 unspecified atom stereocenters. The van der Waals surface area contributed by atoms with Crippen molar-refractivity contribution < 1.29 is 19.6 Å². The first-order valence-corrected chi connectivity index (χ1v) is 8.73. The number of aliphatic hydroxyl groups excluding tert-OH is 1. The van der Waals surface area contributed by atoms with Crippen LogP contribution in [0.4, 0.5) is 0 Å². The second-order valence-corrected chi connectivity index (χ2v) is 6.70. The molecule has 8 nitrogen and oxygen atoms in total. The number of terminal acetylenes is 1. The number of amides is 1. The Kier molecular flexibility index (Phi) is 9.26. The molecule has 0 fully saturated rings. The van der Waals surface area contributed by atoms with E-state index in [-0.39, 0.29) is 32.0 Å². The van der Waals surface area contributed by atoms with Crippen molar-refractivity contribution in [2.75, 3.05) is 26.2 Å². The van der Waals surface area contributed by atoms with Crippen molar-refractivity contribution in [3.05, 3.63) is 39.9 Å². The maximum absolute atomic E-state index is 11.8. The molecular weight excluding hydrogens is 350 g/mol. The summed E-state index contributed by atoms with van der Waals surface area (Å²) >= 11 is 0. The zero-order chi connectivity index (χ0) is 20.3. The van der Waals surface area contributed by atoms with Crippen molar-refractivity contribution >= 4 is 5.91 Å². The molecule has 148 valence electrons. The van der Waals surface area contributed by atoms with E-state index in [1.165, 1.54) is 0 Å². The molecule has 1 rings (SSSR count). The molecule has 0 aromatic heterocycles. The van der Waals surface area contributed by atoms with Gasteiger partial charge in [0.2, 0.25) is 12.5 Å². The number of nitrogens with one attached hydrogen (secondary N) is 2. The van der Waals surface area contributed by atoms with Gasteiger partial charge in [0.25, 0.3) is 0 Å². The first-order chi connectivity index (χ1) is 12.7. The lowest BCUT2D eigenvalue weighted by atomic mass is 10.1. The van der Waals surface area contributed by atoms with E-state index in [9.17, 15) is 20.0 Å². The summed E-state index contributed by atoms with van der Waals surface area (Å²) in [5.41, 5.74) is 0.305. The minimum Gasteiger partial charge on any atom is -0.491 e. The number of nitrogens with zero attached hydrogens (tertiary/aromatic N) is 1. The van der Waals surface area contributed by atoms with Crippen LogP contribution in [-0.4, -0.2) is 53.8 Å². The highest BCUT2D eigenvalue weighted by atomic mass is 16.6. The summed E-state index contributed by atoms with van der Waals surface area (Å²) in [6, 6.07) is 6.97. The van der Waals surface area contributed by atoms with Crippen LogP contribution >= 0.6 is 0 Å². The molecule has 1 aromatic rings.